The molecule has 1 N–H and O–H groups in total. The van der Waals surface area contributed by atoms with Crippen molar-refractivity contribution in [3.05, 3.63) is 84.6 Å². The number of aryl methyl sites for hydroxylation is 1. The molecule has 2 aromatic carbocycles. The summed E-state index contributed by atoms with van der Waals surface area (Å²) in [6.07, 6.45) is 7.36. The average molecular weight is 459 g/mol. The SMILES string of the molecule is C=CCN(CC=C)C1Cc2c[nH]c3ccc(OS(=O)(=O)c4ccc(C)cc4)c(c23)C1.Cl. The van der Waals surface area contributed by atoms with Crippen LogP contribution in [-0.2, 0) is 23.0 Å². The zero-order valence-corrected chi connectivity index (χ0v) is 19.1. The molecular weight excluding hydrogens is 432 g/mol. The van der Waals surface area contributed by atoms with Gasteiger partial charge in [0, 0.05) is 41.8 Å². The monoisotopic (exact) mass is 458 g/mol. The van der Waals surface area contributed by atoms with E-state index >= 15 is 0 Å². The molecule has 0 bridgehead atoms. The second-order valence-electron chi connectivity index (χ2n) is 7.72. The van der Waals surface area contributed by atoms with E-state index in [1.807, 2.05) is 31.3 Å². The van der Waals surface area contributed by atoms with Crippen LogP contribution in [0.1, 0.15) is 16.7 Å². The highest BCUT2D eigenvalue weighted by atomic mass is 35.5. The van der Waals surface area contributed by atoms with Crippen molar-refractivity contribution in [2.24, 2.45) is 0 Å². The standard InChI is InChI=1S/C24H26N2O3S.ClH/c1-4-12-26(13-5-2)19-14-18-16-25-22-10-11-23(21(15-19)24(18)22)29-30(27,28)20-8-6-17(3)7-9-20;/h4-11,16,19,25H,1-2,12-15H2,3H3;1H. The van der Waals surface area contributed by atoms with E-state index in [1.54, 1.807) is 30.3 Å². The molecule has 4 rings (SSSR count). The summed E-state index contributed by atoms with van der Waals surface area (Å²) in [7, 11) is -3.92. The van der Waals surface area contributed by atoms with Gasteiger partial charge < -0.3 is 9.17 Å². The van der Waals surface area contributed by atoms with Gasteiger partial charge in [-0.2, -0.15) is 8.42 Å². The molecule has 31 heavy (non-hydrogen) atoms. The van der Waals surface area contributed by atoms with Crippen LogP contribution in [0, 0.1) is 6.92 Å². The number of aromatic nitrogens is 1. The van der Waals surface area contributed by atoms with Gasteiger partial charge in [-0.15, -0.1) is 25.6 Å². The van der Waals surface area contributed by atoms with Crippen molar-refractivity contribution in [1.29, 1.82) is 0 Å². The number of hydrogen-bond acceptors (Lipinski definition) is 4. The average Bonchev–Trinajstić information content (AvgIpc) is 3.14. The highest BCUT2D eigenvalue weighted by molar-refractivity contribution is 7.87. The number of nitrogens with zero attached hydrogens (tertiary/aromatic N) is 1. The van der Waals surface area contributed by atoms with Crippen LogP contribution in [-0.4, -0.2) is 37.4 Å². The molecule has 3 aromatic rings. The molecule has 1 aliphatic rings. The number of benzene rings is 2. The largest absolute Gasteiger partial charge is 0.379 e. The summed E-state index contributed by atoms with van der Waals surface area (Å²) in [5.74, 6) is 0.394. The fraction of sp³-hybridized carbons (Fsp3) is 0.250. The van der Waals surface area contributed by atoms with Gasteiger partial charge in [0.25, 0.3) is 0 Å². The quantitative estimate of drug-likeness (QED) is 0.388. The fourth-order valence-corrected chi connectivity index (χ4v) is 5.15. The number of aromatic amines is 1. The molecule has 1 atom stereocenters. The molecule has 0 saturated carbocycles. The van der Waals surface area contributed by atoms with Gasteiger partial charge in [-0.05, 0) is 49.6 Å². The zero-order chi connectivity index (χ0) is 21.3. The highest BCUT2D eigenvalue weighted by Gasteiger charge is 2.29. The molecule has 0 amide bonds. The lowest BCUT2D eigenvalue weighted by Crippen LogP contribution is -2.40. The smallest absolute Gasteiger partial charge is 0.339 e. The molecule has 1 aliphatic carbocycles. The maximum atomic E-state index is 12.9. The van der Waals surface area contributed by atoms with Gasteiger partial charge in [-0.3, -0.25) is 4.90 Å². The number of rotatable bonds is 8. The highest BCUT2D eigenvalue weighted by Crippen LogP contribution is 2.38. The molecule has 0 saturated heterocycles. The molecule has 0 fully saturated rings. The van der Waals surface area contributed by atoms with Gasteiger partial charge in [-0.1, -0.05) is 29.8 Å². The first kappa shape index (κ1) is 23.1. The fourth-order valence-electron chi connectivity index (χ4n) is 4.19. The van der Waals surface area contributed by atoms with E-state index < -0.39 is 10.1 Å². The van der Waals surface area contributed by atoms with Crippen molar-refractivity contribution in [1.82, 2.24) is 9.88 Å². The van der Waals surface area contributed by atoms with E-state index in [-0.39, 0.29) is 23.3 Å². The Morgan fingerprint density at radius 3 is 2.42 bits per heavy atom. The second-order valence-corrected chi connectivity index (χ2v) is 9.27. The summed E-state index contributed by atoms with van der Waals surface area (Å²) >= 11 is 0. The Hall–Kier alpha value is -2.54. The lowest BCUT2D eigenvalue weighted by Gasteiger charge is -2.33. The van der Waals surface area contributed by atoms with Gasteiger partial charge in [-0.25, -0.2) is 0 Å². The third kappa shape index (κ3) is 4.56. The lowest BCUT2D eigenvalue weighted by atomic mass is 9.87. The van der Waals surface area contributed by atoms with Crippen molar-refractivity contribution in [3.63, 3.8) is 0 Å². The maximum Gasteiger partial charge on any atom is 0.339 e. The van der Waals surface area contributed by atoms with E-state index in [0.29, 0.717) is 12.2 Å². The van der Waals surface area contributed by atoms with Crippen LogP contribution in [0.2, 0.25) is 0 Å². The van der Waals surface area contributed by atoms with E-state index in [9.17, 15) is 8.42 Å². The van der Waals surface area contributed by atoms with Gasteiger partial charge in [0.15, 0.2) is 0 Å². The molecule has 5 nitrogen and oxygen atoms in total. The third-order valence-electron chi connectivity index (χ3n) is 5.64. The van der Waals surface area contributed by atoms with Crippen LogP contribution in [0.4, 0.5) is 0 Å². The van der Waals surface area contributed by atoms with Gasteiger partial charge in [0.05, 0.1) is 0 Å². The van der Waals surface area contributed by atoms with Crippen LogP contribution >= 0.6 is 12.4 Å². The minimum Gasteiger partial charge on any atom is -0.379 e. The van der Waals surface area contributed by atoms with Gasteiger partial charge in [0.1, 0.15) is 10.6 Å². The molecule has 0 spiro atoms. The van der Waals surface area contributed by atoms with Crippen LogP contribution in [0.5, 0.6) is 5.75 Å². The summed E-state index contributed by atoms with van der Waals surface area (Å²) in [4.78, 5) is 5.76. The summed E-state index contributed by atoms with van der Waals surface area (Å²) in [6, 6.07) is 10.5. The number of halogens is 1. The topological polar surface area (TPSA) is 62.4 Å². The van der Waals surface area contributed by atoms with Gasteiger partial charge >= 0.3 is 10.1 Å². The van der Waals surface area contributed by atoms with Crippen molar-refractivity contribution in [3.8, 4) is 5.75 Å². The second kappa shape index (κ2) is 9.30. The van der Waals surface area contributed by atoms with Crippen LogP contribution < -0.4 is 4.18 Å². The van der Waals surface area contributed by atoms with Crippen LogP contribution in [0.25, 0.3) is 10.9 Å². The van der Waals surface area contributed by atoms with E-state index in [4.69, 9.17) is 4.18 Å². The van der Waals surface area contributed by atoms with Gasteiger partial charge in [0.2, 0.25) is 0 Å². The zero-order valence-electron chi connectivity index (χ0n) is 17.5. The first-order valence-corrected chi connectivity index (χ1v) is 11.4. The predicted molar refractivity (Wildman–Crippen MR) is 128 cm³/mol. The number of hydrogen-bond donors (Lipinski definition) is 1. The minimum absolute atomic E-state index is 0. The number of nitrogens with one attached hydrogen (secondary N) is 1. The Bertz CT molecular complexity index is 1190. The van der Waals surface area contributed by atoms with Crippen LogP contribution in [0.3, 0.4) is 0 Å². The molecule has 1 unspecified atom stereocenters. The van der Waals surface area contributed by atoms with Crippen molar-refractivity contribution in [2.45, 2.75) is 30.7 Å². The summed E-state index contributed by atoms with van der Waals surface area (Å²) < 4.78 is 31.5. The lowest BCUT2D eigenvalue weighted by molar-refractivity contribution is 0.234. The molecule has 164 valence electrons. The normalized spacial score (nSPS) is 15.5. The predicted octanol–water partition coefficient (Wildman–Crippen LogP) is 4.81. The first-order chi connectivity index (χ1) is 14.4. The number of H-pyrrole nitrogens is 1. The first-order valence-electron chi connectivity index (χ1n) is 10.0. The Kier molecular flexibility index (Phi) is 6.94. The molecule has 0 aliphatic heterocycles. The molecular formula is C24H27ClN2O3S. The van der Waals surface area contributed by atoms with E-state index in [2.05, 4.69) is 23.0 Å². The van der Waals surface area contributed by atoms with Crippen molar-refractivity contribution >= 4 is 33.4 Å². The van der Waals surface area contributed by atoms with Crippen molar-refractivity contribution in [2.75, 3.05) is 13.1 Å². The summed E-state index contributed by atoms with van der Waals surface area (Å²) in [6.45, 7) is 11.1. The van der Waals surface area contributed by atoms with E-state index in [0.717, 1.165) is 41.5 Å². The maximum absolute atomic E-state index is 12.9. The Labute approximate surface area is 190 Å². The molecule has 1 heterocycles. The Morgan fingerprint density at radius 1 is 1.10 bits per heavy atom. The van der Waals surface area contributed by atoms with Crippen molar-refractivity contribution < 1.29 is 12.6 Å². The van der Waals surface area contributed by atoms with E-state index in [1.165, 1.54) is 5.56 Å². The Morgan fingerprint density at radius 2 is 1.77 bits per heavy atom. The molecule has 7 heteroatoms. The molecule has 1 aromatic heterocycles. The Balaban J connectivity index is 0.00000272. The molecule has 0 radical (unpaired) electrons. The van der Waals surface area contributed by atoms with Crippen LogP contribution in [0.15, 0.2) is 72.8 Å². The minimum atomic E-state index is -3.92. The summed E-state index contributed by atoms with van der Waals surface area (Å²) in [5.41, 5.74) is 4.09. The third-order valence-corrected chi connectivity index (χ3v) is 6.89. The summed E-state index contributed by atoms with van der Waals surface area (Å²) in [5, 5.41) is 1.07.